The Kier molecular flexibility index (Phi) is 19.0. The fraction of sp³-hybridized carbons (Fsp3) is 0.667. The van der Waals surface area contributed by atoms with Gasteiger partial charge in [-0.25, -0.2) is 4.79 Å². The van der Waals surface area contributed by atoms with Gasteiger partial charge in [-0.3, -0.25) is 4.84 Å². The highest BCUT2D eigenvalue weighted by molar-refractivity contribution is 5.85. The Morgan fingerprint density at radius 2 is 2.11 bits per heavy atom. The third-order valence-electron chi connectivity index (χ3n) is 0.304. The first-order valence-corrected chi connectivity index (χ1v) is 1.88. The molecule has 0 aliphatic carbocycles. The van der Waals surface area contributed by atoms with Crippen molar-refractivity contribution in [3.63, 3.8) is 0 Å². The van der Waals surface area contributed by atoms with Crippen LogP contribution in [0.25, 0.3) is 0 Å². The number of amides is 1. The van der Waals surface area contributed by atoms with Crippen LogP contribution in [-0.2, 0) is 4.84 Å². The van der Waals surface area contributed by atoms with Gasteiger partial charge >= 0.3 is 6.09 Å². The van der Waals surface area contributed by atoms with Crippen LogP contribution >= 0.6 is 24.8 Å². The molecule has 0 bridgehead atoms. The topological polar surface area (TPSA) is 58.6 Å². The fourth-order valence-corrected chi connectivity index (χ4v) is 0.134. The molecule has 0 spiro atoms. The standard InChI is InChI=1S/C3H7NO3.2ClH/c1-2-7-4-3(5)6;;/h4H,2H2,1H3,(H,5,6);2*1H. The third kappa shape index (κ3) is 18.2. The smallest absolute Gasteiger partial charge is 0.428 e. The largest absolute Gasteiger partial charge is 0.464 e. The van der Waals surface area contributed by atoms with Gasteiger partial charge < -0.3 is 5.11 Å². The molecule has 1 amide bonds. The van der Waals surface area contributed by atoms with Gasteiger partial charge in [-0.15, -0.1) is 24.8 Å². The fourth-order valence-electron chi connectivity index (χ4n) is 0.134. The number of hydrogen-bond acceptors (Lipinski definition) is 2. The van der Waals surface area contributed by atoms with Crippen molar-refractivity contribution in [1.82, 2.24) is 5.48 Å². The second-order valence-electron chi connectivity index (χ2n) is 0.840. The number of hydrogen-bond donors (Lipinski definition) is 2. The van der Waals surface area contributed by atoms with Crippen molar-refractivity contribution >= 4 is 30.9 Å². The van der Waals surface area contributed by atoms with E-state index in [0.29, 0.717) is 6.61 Å². The molecule has 0 aromatic heterocycles. The molecule has 0 unspecified atom stereocenters. The van der Waals surface area contributed by atoms with Gasteiger partial charge in [-0.2, -0.15) is 5.48 Å². The van der Waals surface area contributed by atoms with Gasteiger partial charge in [0, 0.05) is 0 Å². The van der Waals surface area contributed by atoms with Crippen molar-refractivity contribution in [1.29, 1.82) is 0 Å². The summed E-state index contributed by atoms with van der Waals surface area (Å²) in [5.74, 6) is 0. The van der Waals surface area contributed by atoms with E-state index in [-0.39, 0.29) is 24.8 Å². The molecule has 4 nitrogen and oxygen atoms in total. The summed E-state index contributed by atoms with van der Waals surface area (Å²) in [6.07, 6.45) is -1.16. The van der Waals surface area contributed by atoms with Crippen molar-refractivity contribution < 1.29 is 14.7 Å². The van der Waals surface area contributed by atoms with E-state index in [1.165, 1.54) is 0 Å². The van der Waals surface area contributed by atoms with Crippen LogP contribution < -0.4 is 5.48 Å². The molecule has 0 aliphatic heterocycles. The molecule has 0 aromatic rings. The van der Waals surface area contributed by atoms with E-state index in [9.17, 15) is 4.79 Å². The van der Waals surface area contributed by atoms with E-state index < -0.39 is 6.09 Å². The number of carbonyl (C=O) groups is 1. The first-order chi connectivity index (χ1) is 3.27. The molecule has 0 aliphatic rings. The Morgan fingerprint density at radius 1 is 1.67 bits per heavy atom. The monoisotopic (exact) mass is 177 g/mol. The van der Waals surface area contributed by atoms with Crippen molar-refractivity contribution in [2.24, 2.45) is 0 Å². The summed E-state index contributed by atoms with van der Waals surface area (Å²) in [4.78, 5) is 13.8. The van der Waals surface area contributed by atoms with Crippen LogP contribution in [0.1, 0.15) is 6.92 Å². The number of rotatable bonds is 2. The van der Waals surface area contributed by atoms with E-state index in [1.807, 2.05) is 0 Å². The zero-order valence-corrected chi connectivity index (χ0v) is 6.42. The maximum Gasteiger partial charge on any atom is 0.428 e. The highest BCUT2D eigenvalue weighted by Gasteiger charge is 1.86. The molecular formula is C3H9Cl2NO3. The Hall–Kier alpha value is -0.190. The lowest BCUT2D eigenvalue weighted by Crippen LogP contribution is -2.20. The molecule has 0 fully saturated rings. The van der Waals surface area contributed by atoms with Crippen LogP contribution in [0.5, 0.6) is 0 Å². The van der Waals surface area contributed by atoms with Gasteiger partial charge in [-0.1, -0.05) is 0 Å². The van der Waals surface area contributed by atoms with Gasteiger partial charge in [0.1, 0.15) is 0 Å². The van der Waals surface area contributed by atoms with Gasteiger partial charge in [0.15, 0.2) is 0 Å². The molecule has 0 heterocycles. The average molecular weight is 178 g/mol. The highest BCUT2D eigenvalue weighted by Crippen LogP contribution is 1.62. The molecule has 0 aromatic carbocycles. The highest BCUT2D eigenvalue weighted by atomic mass is 35.5. The Balaban J connectivity index is -0.000000180. The quantitative estimate of drug-likeness (QED) is 0.621. The lowest BCUT2D eigenvalue weighted by Gasteiger charge is -1.93. The predicted octanol–water partition coefficient (Wildman–Crippen LogP) is 1.05. The van der Waals surface area contributed by atoms with E-state index in [0.717, 1.165) is 0 Å². The Morgan fingerprint density at radius 3 is 2.22 bits per heavy atom. The molecular weight excluding hydrogens is 169 g/mol. The first-order valence-electron chi connectivity index (χ1n) is 1.88. The van der Waals surface area contributed by atoms with Crippen LogP contribution in [0.4, 0.5) is 4.79 Å². The zero-order chi connectivity index (χ0) is 5.70. The zero-order valence-electron chi connectivity index (χ0n) is 4.79. The van der Waals surface area contributed by atoms with E-state index in [2.05, 4.69) is 4.84 Å². The van der Waals surface area contributed by atoms with Crippen molar-refractivity contribution in [3.05, 3.63) is 0 Å². The van der Waals surface area contributed by atoms with Crippen LogP contribution in [0, 0.1) is 0 Å². The summed E-state index contributed by atoms with van der Waals surface area (Å²) in [7, 11) is 0. The van der Waals surface area contributed by atoms with Crippen molar-refractivity contribution in [3.8, 4) is 0 Å². The SMILES string of the molecule is CCONC(=O)O.Cl.Cl. The van der Waals surface area contributed by atoms with Crippen LogP contribution in [0.15, 0.2) is 0 Å². The maximum absolute atomic E-state index is 9.52. The molecule has 6 heteroatoms. The second kappa shape index (κ2) is 10.7. The van der Waals surface area contributed by atoms with E-state index in [4.69, 9.17) is 5.11 Å². The summed E-state index contributed by atoms with van der Waals surface area (Å²) in [6.45, 7) is 2.04. The van der Waals surface area contributed by atoms with Crippen LogP contribution in [0.2, 0.25) is 0 Å². The van der Waals surface area contributed by atoms with Crippen molar-refractivity contribution in [2.45, 2.75) is 6.92 Å². The molecule has 9 heavy (non-hydrogen) atoms. The van der Waals surface area contributed by atoms with Crippen LogP contribution in [0.3, 0.4) is 0 Å². The lowest BCUT2D eigenvalue weighted by atomic mass is 10.9. The maximum atomic E-state index is 9.52. The van der Waals surface area contributed by atoms with Gasteiger partial charge in [0.2, 0.25) is 0 Å². The number of nitrogens with one attached hydrogen (secondary N) is 1. The number of carboxylic acid groups (broad SMARTS) is 1. The lowest BCUT2D eigenvalue weighted by molar-refractivity contribution is 0.0502. The van der Waals surface area contributed by atoms with E-state index >= 15 is 0 Å². The van der Waals surface area contributed by atoms with Gasteiger partial charge in [0.05, 0.1) is 6.61 Å². The summed E-state index contributed by atoms with van der Waals surface area (Å²) >= 11 is 0. The summed E-state index contributed by atoms with van der Waals surface area (Å²) < 4.78 is 0. The van der Waals surface area contributed by atoms with Crippen molar-refractivity contribution in [2.75, 3.05) is 6.61 Å². The molecule has 0 saturated carbocycles. The first kappa shape index (κ1) is 15.9. The summed E-state index contributed by atoms with van der Waals surface area (Å²) in [5.41, 5.74) is 1.71. The number of halogens is 2. The third-order valence-corrected chi connectivity index (χ3v) is 0.304. The summed E-state index contributed by atoms with van der Waals surface area (Å²) in [5, 5.41) is 7.81. The Labute approximate surface area is 65.3 Å². The van der Waals surface area contributed by atoms with Gasteiger partial charge in [0.25, 0.3) is 0 Å². The van der Waals surface area contributed by atoms with E-state index in [1.54, 1.807) is 12.4 Å². The summed E-state index contributed by atoms with van der Waals surface area (Å²) in [6, 6.07) is 0. The predicted molar refractivity (Wildman–Crippen MR) is 37.3 cm³/mol. The molecule has 0 rings (SSSR count). The minimum Gasteiger partial charge on any atom is -0.464 e. The number of hydroxylamine groups is 1. The molecule has 2 N–H and O–H groups in total. The average Bonchev–Trinajstić information content (AvgIpc) is 1.61. The molecule has 0 radical (unpaired) electrons. The van der Waals surface area contributed by atoms with Gasteiger partial charge in [-0.05, 0) is 6.92 Å². The molecule has 0 atom stereocenters. The molecule has 0 saturated heterocycles. The molecule has 58 valence electrons. The minimum atomic E-state index is -1.16. The van der Waals surface area contributed by atoms with Crippen LogP contribution in [-0.4, -0.2) is 17.8 Å². The second-order valence-corrected chi connectivity index (χ2v) is 0.840. The minimum absolute atomic E-state index is 0. The Bertz CT molecular complexity index is 70.1. The normalized spacial score (nSPS) is 6.33.